The molecule has 0 amide bonds. The van der Waals surface area contributed by atoms with Crippen molar-refractivity contribution < 1.29 is 0 Å². The maximum Gasteiger partial charge on any atom is 0.262 e. The minimum absolute atomic E-state index is 0.0925. The standard InChI is InChI=1S/C12H12BrN3O/c1-3-9-10(8-4-5-14-15-6-8)7(2)11(13)12(17)16-9/h4-6H,3H2,1-2H3,(H,16,17). The fraction of sp³-hybridized carbons (Fsp3) is 0.250. The summed E-state index contributed by atoms with van der Waals surface area (Å²) < 4.78 is 0.571. The minimum Gasteiger partial charge on any atom is -0.325 e. The molecule has 2 rings (SSSR count). The lowest BCUT2D eigenvalue weighted by Gasteiger charge is -2.12. The van der Waals surface area contributed by atoms with Crippen LogP contribution in [0.2, 0.25) is 0 Å². The third-order valence-electron chi connectivity index (χ3n) is 2.70. The van der Waals surface area contributed by atoms with Gasteiger partial charge in [0.25, 0.3) is 5.56 Å². The second-order valence-electron chi connectivity index (χ2n) is 3.73. The average molecular weight is 294 g/mol. The lowest BCUT2D eigenvalue weighted by Crippen LogP contribution is -2.13. The predicted molar refractivity (Wildman–Crippen MR) is 69.9 cm³/mol. The van der Waals surface area contributed by atoms with Crippen LogP contribution in [0.5, 0.6) is 0 Å². The topological polar surface area (TPSA) is 58.6 Å². The second kappa shape index (κ2) is 4.79. The number of aromatic nitrogens is 3. The van der Waals surface area contributed by atoms with E-state index in [1.807, 2.05) is 19.9 Å². The van der Waals surface area contributed by atoms with Crippen LogP contribution in [-0.4, -0.2) is 15.2 Å². The molecular formula is C12H12BrN3O. The van der Waals surface area contributed by atoms with E-state index >= 15 is 0 Å². The first kappa shape index (κ1) is 12.0. The van der Waals surface area contributed by atoms with Gasteiger partial charge in [0.15, 0.2) is 0 Å². The van der Waals surface area contributed by atoms with Crippen molar-refractivity contribution in [1.82, 2.24) is 15.2 Å². The van der Waals surface area contributed by atoms with Crippen molar-refractivity contribution in [3.05, 3.63) is 44.5 Å². The molecule has 0 saturated heterocycles. The van der Waals surface area contributed by atoms with Gasteiger partial charge in [-0.1, -0.05) is 6.92 Å². The smallest absolute Gasteiger partial charge is 0.262 e. The Morgan fingerprint density at radius 2 is 2.18 bits per heavy atom. The Morgan fingerprint density at radius 1 is 1.41 bits per heavy atom. The molecule has 2 heterocycles. The summed E-state index contributed by atoms with van der Waals surface area (Å²) in [6.07, 6.45) is 4.11. The van der Waals surface area contributed by atoms with Crippen LogP contribution < -0.4 is 5.56 Å². The zero-order valence-corrected chi connectivity index (χ0v) is 11.2. The summed E-state index contributed by atoms with van der Waals surface area (Å²) in [5.74, 6) is 0. The van der Waals surface area contributed by atoms with E-state index in [-0.39, 0.29) is 5.56 Å². The van der Waals surface area contributed by atoms with Crippen LogP contribution in [0.1, 0.15) is 18.2 Å². The van der Waals surface area contributed by atoms with Crippen molar-refractivity contribution in [3.63, 3.8) is 0 Å². The van der Waals surface area contributed by atoms with Crippen LogP contribution in [0, 0.1) is 6.92 Å². The van der Waals surface area contributed by atoms with Gasteiger partial charge in [-0.15, -0.1) is 0 Å². The molecule has 0 aliphatic rings. The Balaban J connectivity index is 2.77. The molecule has 2 aromatic rings. The van der Waals surface area contributed by atoms with Crippen molar-refractivity contribution in [3.8, 4) is 11.1 Å². The highest BCUT2D eigenvalue weighted by molar-refractivity contribution is 9.10. The number of hydrogen-bond donors (Lipinski definition) is 1. The number of rotatable bonds is 2. The molecule has 0 radical (unpaired) electrons. The highest BCUT2D eigenvalue weighted by Gasteiger charge is 2.13. The molecule has 0 atom stereocenters. The summed E-state index contributed by atoms with van der Waals surface area (Å²) in [5.41, 5.74) is 3.74. The number of halogens is 1. The number of nitrogens with one attached hydrogen (secondary N) is 1. The number of H-pyrrole nitrogens is 1. The maximum atomic E-state index is 11.7. The lowest BCUT2D eigenvalue weighted by atomic mass is 10.00. The Kier molecular flexibility index (Phi) is 3.38. The summed E-state index contributed by atoms with van der Waals surface area (Å²) >= 11 is 3.31. The van der Waals surface area contributed by atoms with Gasteiger partial charge in [-0.05, 0) is 40.9 Å². The van der Waals surface area contributed by atoms with Crippen LogP contribution in [-0.2, 0) is 6.42 Å². The number of hydrogen-bond acceptors (Lipinski definition) is 3. The van der Waals surface area contributed by atoms with Gasteiger partial charge in [-0.25, -0.2) is 0 Å². The molecule has 0 aliphatic carbocycles. The summed E-state index contributed by atoms with van der Waals surface area (Å²) in [6, 6.07) is 1.89. The molecule has 5 heteroatoms. The minimum atomic E-state index is -0.0925. The Bertz CT molecular complexity index is 593. The molecule has 0 aliphatic heterocycles. The highest BCUT2D eigenvalue weighted by atomic mass is 79.9. The predicted octanol–water partition coefficient (Wildman–Crippen LogP) is 2.47. The van der Waals surface area contributed by atoms with E-state index in [1.54, 1.807) is 12.4 Å². The average Bonchev–Trinajstić information content (AvgIpc) is 2.36. The normalized spacial score (nSPS) is 10.5. The molecule has 0 aromatic carbocycles. The molecule has 0 bridgehead atoms. The molecule has 0 spiro atoms. The first-order valence-electron chi connectivity index (χ1n) is 5.33. The summed E-state index contributed by atoms with van der Waals surface area (Å²) in [5, 5.41) is 7.63. The van der Waals surface area contributed by atoms with Gasteiger partial charge in [-0.3, -0.25) is 4.79 Å². The van der Waals surface area contributed by atoms with Crippen molar-refractivity contribution in [2.24, 2.45) is 0 Å². The molecule has 0 fully saturated rings. The Labute approximate surface area is 107 Å². The van der Waals surface area contributed by atoms with Gasteiger partial charge in [-0.2, -0.15) is 10.2 Å². The van der Waals surface area contributed by atoms with Crippen molar-refractivity contribution in [1.29, 1.82) is 0 Å². The first-order chi connectivity index (χ1) is 8.15. The van der Waals surface area contributed by atoms with E-state index in [0.717, 1.165) is 28.8 Å². The van der Waals surface area contributed by atoms with Gasteiger partial charge in [0.05, 0.1) is 16.9 Å². The van der Waals surface area contributed by atoms with Crippen LogP contribution in [0.4, 0.5) is 0 Å². The van der Waals surface area contributed by atoms with Crippen LogP contribution in [0.15, 0.2) is 27.7 Å². The molecule has 0 saturated carbocycles. The molecule has 0 unspecified atom stereocenters. The van der Waals surface area contributed by atoms with Crippen molar-refractivity contribution >= 4 is 15.9 Å². The Hall–Kier alpha value is -1.49. The van der Waals surface area contributed by atoms with Gasteiger partial charge in [0.1, 0.15) is 0 Å². The van der Waals surface area contributed by atoms with E-state index in [0.29, 0.717) is 4.47 Å². The van der Waals surface area contributed by atoms with Crippen molar-refractivity contribution in [2.75, 3.05) is 0 Å². The molecule has 1 N–H and O–H groups in total. The molecular weight excluding hydrogens is 282 g/mol. The fourth-order valence-corrected chi connectivity index (χ4v) is 2.15. The van der Waals surface area contributed by atoms with Crippen LogP contribution >= 0.6 is 15.9 Å². The van der Waals surface area contributed by atoms with E-state index in [1.165, 1.54) is 0 Å². The zero-order chi connectivity index (χ0) is 12.4. The zero-order valence-electron chi connectivity index (χ0n) is 9.62. The summed E-state index contributed by atoms with van der Waals surface area (Å²) in [6.45, 7) is 3.94. The number of aryl methyl sites for hydroxylation is 1. The van der Waals surface area contributed by atoms with Crippen LogP contribution in [0.3, 0.4) is 0 Å². The van der Waals surface area contributed by atoms with Gasteiger partial charge >= 0.3 is 0 Å². The third kappa shape index (κ3) is 2.15. The maximum absolute atomic E-state index is 11.7. The number of aromatic amines is 1. The molecule has 17 heavy (non-hydrogen) atoms. The number of nitrogens with zero attached hydrogens (tertiary/aromatic N) is 2. The largest absolute Gasteiger partial charge is 0.325 e. The lowest BCUT2D eigenvalue weighted by molar-refractivity contribution is 0.990. The second-order valence-corrected chi connectivity index (χ2v) is 4.52. The summed E-state index contributed by atoms with van der Waals surface area (Å²) in [4.78, 5) is 14.6. The number of pyridine rings is 1. The van der Waals surface area contributed by atoms with E-state index in [9.17, 15) is 4.79 Å². The van der Waals surface area contributed by atoms with Gasteiger partial charge in [0.2, 0.25) is 0 Å². The van der Waals surface area contributed by atoms with Gasteiger partial charge in [0, 0.05) is 16.8 Å². The fourth-order valence-electron chi connectivity index (χ4n) is 1.86. The summed E-state index contributed by atoms with van der Waals surface area (Å²) in [7, 11) is 0. The van der Waals surface area contributed by atoms with Crippen molar-refractivity contribution in [2.45, 2.75) is 20.3 Å². The quantitative estimate of drug-likeness (QED) is 0.925. The highest BCUT2D eigenvalue weighted by Crippen LogP contribution is 2.28. The molecule has 88 valence electrons. The van der Waals surface area contributed by atoms with Gasteiger partial charge < -0.3 is 4.98 Å². The van der Waals surface area contributed by atoms with E-state index in [4.69, 9.17) is 0 Å². The molecule has 2 aromatic heterocycles. The van der Waals surface area contributed by atoms with E-state index < -0.39 is 0 Å². The third-order valence-corrected chi connectivity index (χ3v) is 3.65. The van der Waals surface area contributed by atoms with Crippen LogP contribution in [0.25, 0.3) is 11.1 Å². The first-order valence-corrected chi connectivity index (χ1v) is 6.12. The monoisotopic (exact) mass is 293 g/mol. The van der Waals surface area contributed by atoms with E-state index in [2.05, 4.69) is 31.1 Å². The SMILES string of the molecule is CCc1[nH]c(=O)c(Br)c(C)c1-c1ccnnc1. The Morgan fingerprint density at radius 3 is 2.76 bits per heavy atom. The molecule has 4 nitrogen and oxygen atoms in total.